The molecule has 0 radical (unpaired) electrons. The van der Waals surface area contributed by atoms with Gasteiger partial charge in [-0.1, -0.05) is 12.1 Å². The Hall–Kier alpha value is -1.59. The molecular weight excluding hydrogens is 252 g/mol. The number of nitrogens with two attached hydrogens (primary N) is 1. The van der Waals surface area contributed by atoms with Crippen LogP contribution in [0.5, 0.6) is 0 Å². The number of amides is 1. The lowest BCUT2D eigenvalue weighted by Gasteiger charge is -2.20. The zero-order valence-corrected chi connectivity index (χ0v) is 12.2. The first-order chi connectivity index (χ1) is 9.61. The van der Waals surface area contributed by atoms with Gasteiger partial charge in [0.05, 0.1) is 11.3 Å². The standard InChI is InChI=1S/C15H24N4O/c1-11(2)19-8-7-12(10-19)9-17-15(20)13-5-3-4-6-14(13)18-16/h3-6,11-12,18H,7-10,16H2,1-2H3,(H,17,20). The molecule has 4 N–H and O–H groups in total. The predicted molar refractivity (Wildman–Crippen MR) is 81.4 cm³/mol. The van der Waals surface area contributed by atoms with E-state index in [-0.39, 0.29) is 5.91 Å². The number of para-hydroxylation sites is 1. The highest BCUT2D eigenvalue weighted by molar-refractivity contribution is 5.99. The van der Waals surface area contributed by atoms with Crippen LogP contribution < -0.4 is 16.6 Å². The number of anilines is 1. The molecule has 0 bridgehead atoms. The van der Waals surface area contributed by atoms with Gasteiger partial charge in [-0.25, -0.2) is 0 Å². The summed E-state index contributed by atoms with van der Waals surface area (Å²) in [6.07, 6.45) is 1.15. The van der Waals surface area contributed by atoms with Crippen LogP contribution >= 0.6 is 0 Å². The fraction of sp³-hybridized carbons (Fsp3) is 0.533. The molecule has 5 nitrogen and oxygen atoms in total. The average Bonchev–Trinajstić information content (AvgIpc) is 2.94. The van der Waals surface area contributed by atoms with Crippen LogP contribution in [0.25, 0.3) is 0 Å². The molecule has 0 spiro atoms. The van der Waals surface area contributed by atoms with Gasteiger partial charge >= 0.3 is 0 Å². The van der Waals surface area contributed by atoms with Gasteiger partial charge in [0, 0.05) is 19.1 Å². The number of hydrogen-bond acceptors (Lipinski definition) is 4. The zero-order chi connectivity index (χ0) is 14.5. The maximum atomic E-state index is 12.2. The minimum Gasteiger partial charge on any atom is -0.352 e. The Kier molecular flexibility index (Phi) is 4.98. The van der Waals surface area contributed by atoms with Crippen LogP contribution in [0, 0.1) is 5.92 Å². The van der Waals surface area contributed by atoms with E-state index in [1.807, 2.05) is 12.1 Å². The Bertz CT molecular complexity index is 461. The first-order valence-electron chi connectivity index (χ1n) is 7.19. The molecule has 0 aliphatic carbocycles. The second kappa shape index (κ2) is 6.72. The minimum absolute atomic E-state index is 0.0680. The normalized spacial score (nSPS) is 19.3. The van der Waals surface area contributed by atoms with Crippen molar-refractivity contribution in [3.8, 4) is 0 Å². The molecule has 1 aromatic rings. The van der Waals surface area contributed by atoms with E-state index in [9.17, 15) is 4.79 Å². The number of rotatable bonds is 5. The fourth-order valence-corrected chi connectivity index (χ4v) is 2.64. The summed E-state index contributed by atoms with van der Waals surface area (Å²) in [7, 11) is 0. The molecular formula is C15H24N4O. The first kappa shape index (κ1) is 14.8. The fourth-order valence-electron chi connectivity index (χ4n) is 2.64. The molecule has 5 heteroatoms. The van der Waals surface area contributed by atoms with E-state index >= 15 is 0 Å². The van der Waals surface area contributed by atoms with Gasteiger partial charge in [-0.3, -0.25) is 10.6 Å². The lowest BCUT2D eigenvalue weighted by atomic mass is 10.1. The molecule has 110 valence electrons. The largest absolute Gasteiger partial charge is 0.352 e. The maximum absolute atomic E-state index is 12.2. The van der Waals surface area contributed by atoms with E-state index in [0.717, 1.165) is 26.1 Å². The molecule has 1 amide bonds. The number of hydrazine groups is 1. The smallest absolute Gasteiger partial charge is 0.253 e. The topological polar surface area (TPSA) is 70.4 Å². The van der Waals surface area contributed by atoms with Crippen molar-refractivity contribution in [3.05, 3.63) is 29.8 Å². The third kappa shape index (κ3) is 3.49. The van der Waals surface area contributed by atoms with Crippen LogP contribution in [-0.4, -0.2) is 36.5 Å². The molecule has 1 unspecified atom stereocenters. The Balaban J connectivity index is 1.87. The highest BCUT2D eigenvalue weighted by Crippen LogP contribution is 2.18. The first-order valence-corrected chi connectivity index (χ1v) is 7.19. The van der Waals surface area contributed by atoms with Gasteiger partial charge in [0.25, 0.3) is 5.91 Å². The molecule has 1 atom stereocenters. The summed E-state index contributed by atoms with van der Waals surface area (Å²) in [6, 6.07) is 7.85. The Morgan fingerprint density at radius 1 is 1.45 bits per heavy atom. The van der Waals surface area contributed by atoms with Crippen LogP contribution in [-0.2, 0) is 0 Å². The summed E-state index contributed by atoms with van der Waals surface area (Å²) in [5, 5.41) is 3.01. The van der Waals surface area contributed by atoms with E-state index in [1.54, 1.807) is 12.1 Å². The summed E-state index contributed by atoms with van der Waals surface area (Å²) in [5.74, 6) is 5.89. The molecule has 1 aliphatic rings. The summed E-state index contributed by atoms with van der Waals surface area (Å²) >= 11 is 0. The number of benzene rings is 1. The second-order valence-electron chi connectivity index (χ2n) is 5.64. The van der Waals surface area contributed by atoms with Crippen LogP contribution in [0.3, 0.4) is 0 Å². The summed E-state index contributed by atoms with van der Waals surface area (Å²) in [5.41, 5.74) is 3.80. The highest BCUT2D eigenvalue weighted by Gasteiger charge is 2.24. The Labute approximate surface area is 120 Å². The summed E-state index contributed by atoms with van der Waals surface area (Å²) < 4.78 is 0. The molecule has 1 aromatic carbocycles. The molecule has 1 heterocycles. The van der Waals surface area contributed by atoms with Crippen molar-refractivity contribution in [1.29, 1.82) is 0 Å². The summed E-state index contributed by atoms with van der Waals surface area (Å²) in [4.78, 5) is 14.6. The maximum Gasteiger partial charge on any atom is 0.253 e. The molecule has 1 saturated heterocycles. The van der Waals surface area contributed by atoms with Crippen molar-refractivity contribution in [3.63, 3.8) is 0 Å². The monoisotopic (exact) mass is 276 g/mol. The quantitative estimate of drug-likeness (QED) is 0.562. The van der Waals surface area contributed by atoms with Gasteiger partial charge in [0.15, 0.2) is 0 Å². The van der Waals surface area contributed by atoms with Gasteiger partial charge in [0.1, 0.15) is 0 Å². The van der Waals surface area contributed by atoms with Crippen LogP contribution in [0.15, 0.2) is 24.3 Å². The van der Waals surface area contributed by atoms with E-state index < -0.39 is 0 Å². The number of nitrogens with one attached hydrogen (secondary N) is 2. The average molecular weight is 276 g/mol. The van der Waals surface area contributed by atoms with E-state index in [1.165, 1.54) is 0 Å². The minimum atomic E-state index is -0.0680. The lowest BCUT2D eigenvalue weighted by Crippen LogP contribution is -2.33. The molecule has 2 rings (SSSR count). The third-order valence-electron chi connectivity index (χ3n) is 3.93. The number of carbonyl (C=O) groups excluding carboxylic acids is 1. The van der Waals surface area contributed by atoms with Gasteiger partial charge in [-0.15, -0.1) is 0 Å². The number of nitrogens with zero attached hydrogens (tertiary/aromatic N) is 1. The van der Waals surface area contributed by atoms with Crippen molar-refractivity contribution >= 4 is 11.6 Å². The molecule has 0 saturated carbocycles. The van der Waals surface area contributed by atoms with E-state index in [2.05, 4.69) is 29.5 Å². The molecule has 20 heavy (non-hydrogen) atoms. The van der Waals surface area contributed by atoms with Crippen LogP contribution in [0.1, 0.15) is 30.6 Å². The number of nitrogen functional groups attached to an aromatic ring is 1. The second-order valence-corrected chi connectivity index (χ2v) is 5.64. The molecule has 0 aromatic heterocycles. The van der Waals surface area contributed by atoms with Gasteiger partial charge in [-0.05, 0) is 44.9 Å². The number of likely N-dealkylation sites (tertiary alicyclic amines) is 1. The highest BCUT2D eigenvalue weighted by atomic mass is 16.1. The third-order valence-corrected chi connectivity index (χ3v) is 3.93. The van der Waals surface area contributed by atoms with Crippen molar-refractivity contribution in [1.82, 2.24) is 10.2 Å². The van der Waals surface area contributed by atoms with Crippen molar-refractivity contribution < 1.29 is 4.79 Å². The van der Waals surface area contributed by atoms with Gasteiger partial charge in [-0.2, -0.15) is 0 Å². The lowest BCUT2D eigenvalue weighted by molar-refractivity contribution is 0.0948. The molecule has 1 aliphatic heterocycles. The zero-order valence-electron chi connectivity index (χ0n) is 12.2. The predicted octanol–water partition coefficient (Wildman–Crippen LogP) is 1.43. The number of carbonyl (C=O) groups is 1. The number of hydrogen-bond donors (Lipinski definition) is 3. The van der Waals surface area contributed by atoms with E-state index in [0.29, 0.717) is 23.2 Å². The van der Waals surface area contributed by atoms with Gasteiger partial charge in [0.2, 0.25) is 0 Å². The van der Waals surface area contributed by atoms with Crippen LogP contribution in [0.2, 0.25) is 0 Å². The SMILES string of the molecule is CC(C)N1CCC(CNC(=O)c2ccccc2NN)C1. The molecule has 1 fully saturated rings. The van der Waals surface area contributed by atoms with Crippen molar-refractivity contribution in [2.45, 2.75) is 26.3 Å². The Morgan fingerprint density at radius 3 is 2.85 bits per heavy atom. The van der Waals surface area contributed by atoms with Crippen molar-refractivity contribution in [2.24, 2.45) is 11.8 Å². The van der Waals surface area contributed by atoms with E-state index in [4.69, 9.17) is 5.84 Å². The van der Waals surface area contributed by atoms with Crippen molar-refractivity contribution in [2.75, 3.05) is 25.1 Å². The summed E-state index contributed by atoms with van der Waals surface area (Å²) in [6.45, 7) is 7.34. The Morgan fingerprint density at radius 2 is 2.20 bits per heavy atom. The van der Waals surface area contributed by atoms with Gasteiger partial charge < -0.3 is 15.6 Å². The van der Waals surface area contributed by atoms with Crippen LogP contribution in [0.4, 0.5) is 5.69 Å².